The first-order chi connectivity index (χ1) is 8.35. The molecule has 0 spiro atoms. The smallest absolute Gasteiger partial charge is 0.257 e. The molecule has 2 atom stereocenters. The molecule has 0 aromatic carbocycles. The molecule has 0 aromatic heterocycles. The molecule has 0 aliphatic carbocycles. The van der Waals surface area contributed by atoms with Crippen molar-refractivity contribution in [1.82, 2.24) is 4.72 Å². The van der Waals surface area contributed by atoms with Gasteiger partial charge in [0.15, 0.2) is 8.32 Å². The highest BCUT2D eigenvalue weighted by atomic mass is 32.2. The van der Waals surface area contributed by atoms with Gasteiger partial charge < -0.3 is 8.98 Å². The molecule has 19 heavy (non-hydrogen) atoms. The number of hydrogen-bond donors (Lipinski definition) is 1. The molecule has 3 nitrogen and oxygen atoms in total. The molecule has 0 heterocycles. The van der Waals surface area contributed by atoms with Crippen molar-refractivity contribution in [3.63, 3.8) is 0 Å². The van der Waals surface area contributed by atoms with Gasteiger partial charge in [0.25, 0.3) is 6.43 Å². The topological polar surface area (TPSA) is 44.3 Å². The van der Waals surface area contributed by atoms with E-state index in [1.54, 1.807) is 20.8 Å². The molecule has 0 aliphatic rings. The predicted octanol–water partition coefficient (Wildman–Crippen LogP) is 3.30. The molecule has 0 saturated carbocycles. The number of nitrogens with one attached hydrogen (secondary N) is 1. The lowest BCUT2D eigenvalue weighted by Crippen LogP contribution is -2.51. The van der Waals surface area contributed by atoms with Gasteiger partial charge in [0.2, 0.25) is 0 Å². The van der Waals surface area contributed by atoms with Crippen molar-refractivity contribution >= 4 is 19.7 Å². The summed E-state index contributed by atoms with van der Waals surface area (Å²) < 4.78 is 45.9. The maximum Gasteiger partial charge on any atom is 0.257 e. The number of halogens is 2. The third-order valence-corrected chi connectivity index (χ3v) is 6.55. The normalized spacial score (nSPS) is 17.1. The fourth-order valence-corrected chi connectivity index (χ4v) is 5.39. The molecule has 7 heteroatoms. The van der Waals surface area contributed by atoms with E-state index in [9.17, 15) is 13.3 Å². The maximum atomic E-state index is 13.1. The summed E-state index contributed by atoms with van der Waals surface area (Å²) in [6.45, 7) is 12.9. The van der Waals surface area contributed by atoms with Gasteiger partial charge in [-0.2, -0.15) is 0 Å². The van der Waals surface area contributed by atoms with Crippen molar-refractivity contribution in [3.8, 4) is 0 Å². The van der Waals surface area contributed by atoms with Crippen LogP contribution in [-0.2, 0) is 15.8 Å². The molecule has 0 aromatic rings. The molecule has 1 N–H and O–H groups in total. The Balaban J connectivity index is 4.67. The maximum absolute atomic E-state index is 13.1. The van der Waals surface area contributed by atoms with E-state index >= 15 is 0 Å². The van der Waals surface area contributed by atoms with Crippen LogP contribution in [0, 0.1) is 0 Å². The van der Waals surface area contributed by atoms with Gasteiger partial charge in [-0.15, -0.1) is 4.72 Å². The van der Waals surface area contributed by atoms with Gasteiger partial charge in [-0.3, -0.25) is 0 Å². The van der Waals surface area contributed by atoms with Crippen molar-refractivity contribution in [3.05, 3.63) is 0 Å². The summed E-state index contributed by atoms with van der Waals surface area (Å²) in [6, 6.07) is -0.842. The van der Waals surface area contributed by atoms with Crippen LogP contribution in [0.15, 0.2) is 0 Å². The molecule has 1 unspecified atom stereocenters. The fourth-order valence-electron chi connectivity index (χ4n) is 1.71. The second kappa shape index (κ2) is 7.35. The van der Waals surface area contributed by atoms with Crippen molar-refractivity contribution in [2.45, 2.75) is 77.1 Å². The van der Waals surface area contributed by atoms with Crippen molar-refractivity contribution < 1.29 is 17.8 Å². The van der Waals surface area contributed by atoms with Crippen LogP contribution in [-0.4, -0.2) is 36.2 Å². The zero-order valence-corrected chi connectivity index (χ0v) is 14.7. The molecular formula is C12H27F2NO2SSi. The van der Waals surface area contributed by atoms with Gasteiger partial charge >= 0.3 is 0 Å². The highest BCUT2D eigenvalue weighted by Crippen LogP contribution is 2.22. The number of hydrogen-bond acceptors (Lipinski definition) is 3. The largest absolute Gasteiger partial charge is 0.598 e. The first kappa shape index (κ1) is 19.3. The molecule has 0 aliphatic heterocycles. The Bertz CT molecular complexity index is 273. The molecule has 0 radical (unpaired) electrons. The number of rotatable bonds is 7. The lowest BCUT2D eigenvalue weighted by Gasteiger charge is -2.32. The summed E-state index contributed by atoms with van der Waals surface area (Å²) >= 11 is -1.50. The van der Waals surface area contributed by atoms with Crippen LogP contribution in [0.5, 0.6) is 0 Å². The highest BCUT2D eigenvalue weighted by Gasteiger charge is 2.38. The Kier molecular flexibility index (Phi) is 7.47. The molecular weight excluding hydrogens is 288 g/mol. The fraction of sp³-hybridized carbons (Fsp3) is 1.00. The van der Waals surface area contributed by atoms with Gasteiger partial charge in [-0.25, -0.2) is 8.78 Å². The van der Waals surface area contributed by atoms with E-state index in [2.05, 4.69) is 4.72 Å². The van der Waals surface area contributed by atoms with Crippen LogP contribution in [0.1, 0.15) is 34.6 Å². The minimum absolute atomic E-state index is 0.0214. The van der Waals surface area contributed by atoms with E-state index in [1.807, 2.05) is 26.9 Å². The number of alkyl halides is 2. The first-order valence-electron chi connectivity index (χ1n) is 6.49. The van der Waals surface area contributed by atoms with Crippen LogP contribution in [0.3, 0.4) is 0 Å². The van der Waals surface area contributed by atoms with Crippen LogP contribution in [0.4, 0.5) is 8.78 Å². The van der Waals surface area contributed by atoms with Crippen LogP contribution < -0.4 is 4.72 Å². The quantitative estimate of drug-likeness (QED) is 0.579. The second-order valence-corrected chi connectivity index (χ2v) is 12.7. The Morgan fingerprint density at radius 1 is 1.26 bits per heavy atom. The van der Waals surface area contributed by atoms with Gasteiger partial charge in [-0.1, -0.05) is 0 Å². The standard InChI is InChI=1S/C12H27F2NO2SSi/c1-9(2)17-19(6,7)8-10(11(13)14)15-18(16)12(3,4)5/h9-11,15H,8H2,1-7H3/t10?,18-/m0/s1. The van der Waals surface area contributed by atoms with Crippen molar-refractivity contribution in [2.75, 3.05) is 0 Å². The zero-order valence-electron chi connectivity index (χ0n) is 12.9. The Morgan fingerprint density at radius 3 is 2.05 bits per heavy atom. The molecule has 0 rings (SSSR count). The Labute approximate surface area is 119 Å². The second-order valence-electron chi connectivity index (χ2n) is 6.57. The van der Waals surface area contributed by atoms with E-state index < -0.39 is 36.9 Å². The lowest BCUT2D eigenvalue weighted by molar-refractivity contribution is 0.111. The molecule has 0 fully saturated rings. The van der Waals surface area contributed by atoms with Gasteiger partial charge in [-0.05, 0) is 53.8 Å². The third-order valence-electron chi connectivity index (χ3n) is 2.38. The minimum Gasteiger partial charge on any atom is -0.598 e. The predicted molar refractivity (Wildman–Crippen MR) is 79.3 cm³/mol. The van der Waals surface area contributed by atoms with Crippen molar-refractivity contribution in [2.24, 2.45) is 0 Å². The van der Waals surface area contributed by atoms with Crippen LogP contribution in [0.25, 0.3) is 0 Å². The van der Waals surface area contributed by atoms with E-state index in [4.69, 9.17) is 4.43 Å². The van der Waals surface area contributed by atoms with Gasteiger partial charge in [0, 0.05) is 17.5 Å². The first-order valence-corrected chi connectivity index (χ1v) is 10.8. The summed E-state index contributed by atoms with van der Waals surface area (Å²) in [4.78, 5) is 0. The summed E-state index contributed by atoms with van der Waals surface area (Å²) in [5.41, 5.74) is 0. The van der Waals surface area contributed by atoms with E-state index in [0.717, 1.165) is 0 Å². The van der Waals surface area contributed by atoms with Crippen LogP contribution >= 0.6 is 0 Å². The third kappa shape index (κ3) is 8.24. The van der Waals surface area contributed by atoms with Crippen LogP contribution in [0.2, 0.25) is 19.1 Å². The van der Waals surface area contributed by atoms with E-state index in [-0.39, 0.29) is 12.1 Å². The molecule has 116 valence electrons. The van der Waals surface area contributed by atoms with Gasteiger partial charge in [0.05, 0.1) is 0 Å². The van der Waals surface area contributed by atoms with Gasteiger partial charge in [0.1, 0.15) is 10.8 Å². The minimum atomic E-state index is -2.55. The zero-order chi connectivity index (χ0) is 15.4. The summed E-state index contributed by atoms with van der Waals surface area (Å²) in [6.07, 6.45) is -2.53. The summed E-state index contributed by atoms with van der Waals surface area (Å²) in [5, 5.41) is 0. The summed E-state index contributed by atoms with van der Waals surface area (Å²) in [5.74, 6) is 0. The molecule has 0 saturated heterocycles. The molecule has 0 amide bonds. The SMILES string of the molecule is CC(C)O[Si](C)(C)CC(N[S@@+]([O-])C(C)(C)C)C(F)F. The lowest BCUT2D eigenvalue weighted by atomic mass is 10.3. The Morgan fingerprint density at radius 2 is 1.74 bits per heavy atom. The van der Waals surface area contributed by atoms with Crippen molar-refractivity contribution in [1.29, 1.82) is 0 Å². The summed E-state index contributed by atoms with van der Waals surface area (Å²) in [7, 11) is -2.20. The van der Waals surface area contributed by atoms with E-state index in [0.29, 0.717) is 0 Å². The van der Waals surface area contributed by atoms with E-state index in [1.165, 1.54) is 0 Å². The highest BCUT2D eigenvalue weighted by molar-refractivity contribution is 7.90. The molecule has 0 bridgehead atoms. The monoisotopic (exact) mass is 315 g/mol. The average molecular weight is 316 g/mol. The average Bonchev–Trinajstić information content (AvgIpc) is 2.11. The Hall–Kier alpha value is 0.307.